The van der Waals surface area contributed by atoms with Crippen molar-refractivity contribution >= 4 is 90.9 Å². The van der Waals surface area contributed by atoms with Gasteiger partial charge in [0.15, 0.2) is 0 Å². The molecule has 8 radical (unpaired) electrons. The summed E-state index contributed by atoms with van der Waals surface area (Å²) in [4.78, 5) is 113. The Bertz CT molecular complexity index is 1280. The molecule has 0 fully saturated rings. The summed E-state index contributed by atoms with van der Waals surface area (Å²) in [5.41, 5.74) is 10.2. The van der Waals surface area contributed by atoms with Crippen LogP contribution in [0.5, 0.6) is 0 Å². The fourth-order valence-corrected chi connectivity index (χ4v) is 4.53. The molecule has 0 spiro atoms. The van der Waals surface area contributed by atoms with Crippen molar-refractivity contribution in [1.82, 2.24) is 41.8 Å². The number of primary amides is 2. The van der Waals surface area contributed by atoms with Crippen LogP contribution in [0.3, 0.4) is 0 Å². The molecule has 0 aromatic rings. The maximum Gasteiger partial charge on any atom is 0.234 e. The van der Waals surface area contributed by atoms with Crippen LogP contribution in [0.25, 0.3) is 0 Å². The molecule has 0 aromatic carbocycles. The lowest BCUT2D eigenvalue weighted by Gasteiger charge is -2.19. The van der Waals surface area contributed by atoms with Crippen LogP contribution in [0.1, 0.15) is 130 Å². The highest BCUT2D eigenvalue weighted by Crippen LogP contribution is 2.06. The van der Waals surface area contributed by atoms with Crippen molar-refractivity contribution in [2.45, 2.75) is 130 Å². The van der Waals surface area contributed by atoms with Crippen molar-refractivity contribution in [3.05, 3.63) is 0 Å². The Morgan fingerprint density at radius 1 is 0.410 bits per heavy atom. The second kappa shape index (κ2) is 44.7. The predicted octanol–water partition coefficient (Wildman–Crippen LogP) is -2.13. The Morgan fingerprint density at radius 2 is 0.754 bits per heavy atom. The van der Waals surface area contributed by atoms with Crippen molar-refractivity contribution in [1.29, 1.82) is 0 Å². The number of hydrogen-bond acceptors (Lipinski definition) is 11. The lowest BCUT2D eigenvalue weighted by atomic mass is 10.0. The molecule has 0 atom stereocenters. The average molecular weight is 856 g/mol. The van der Waals surface area contributed by atoms with Crippen molar-refractivity contribution in [3.8, 4) is 0 Å². The number of amides is 9. The van der Waals surface area contributed by atoms with E-state index in [-0.39, 0.29) is 111 Å². The third-order valence-electron chi connectivity index (χ3n) is 7.76. The first-order chi connectivity index (χ1) is 28.9. The zero-order chi connectivity index (χ0) is 47.4. The quantitative estimate of drug-likeness (QED) is 0.0268. The van der Waals surface area contributed by atoms with Crippen molar-refractivity contribution < 1.29 is 47.9 Å². The molecule has 0 aliphatic carbocycles. The van der Waals surface area contributed by atoms with Gasteiger partial charge in [0, 0.05) is 70.5 Å². The molecule has 0 saturated carbocycles. The topological polar surface area (TPSA) is 310 Å². The fraction of sp³-hybridized carbons (Fsp3) is 0.730. The van der Waals surface area contributed by atoms with Crippen LogP contribution in [0.4, 0.5) is 0 Å². The number of nitrogens with one attached hydrogen (secondary N) is 7. The first-order valence-electron chi connectivity index (χ1n) is 20.5. The molecular formula is C37H68B4N10O10. The molecule has 0 unspecified atom stereocenters. The summed E-state index contributed by atoms with van der Waals surface area (Å²) >= 11 is 0. The minimum absolute atomic E-state index is 0.0488. The molecule has 0 aromatic heterocycles. The second-order valence-electron chi connectivity index (χ2n) is 13.5. The smallest absolute Gasteiger partial charge is 0.234 e. The van der Waals surface area contributed by atoms with E-state index in [0.717, 1.165) is 25.7 Å². The summed E-state index contributed by atoms with van der Waals surface area (Å²) in [6, 6.07) is 0. The van der Waals surface area contributed by atoms with Crippen LogP contribution in [-0.2, 0) is 47.9 Å². The zero-order valence-electron chi connectivity index (χ0n) is 36.6. The van der Waals surface area contributed by atoms with Crippen LogP contribution < -0.4 is 48.3 Å². The third kappa shape index (κ3) is 49.4. The van der Waals surface area contributed by atoms with Gasteiger partial charge < -0.3 is 48.3 Å². The van der Waals surface area contributed by atoms with Gasteiger partial charge in [-0.15, -0.1) is 0 Å². The minimum Gasteiger partial charge on any atom is -0.409 e. The highest BCUT2D eigenvalue weighted by atomic mass is 16.2. The monoisotopic (exact) mass is 857 g/mol. The summed E-state index contributed by atoms with van der Waals surface area (Å²) in [6.07, 6.45) is 8.05. The minimum atomic E-state index is -0.626. The van der Waals surface area contributed by atoms with Crippen LogP contribution in [-0.4, -0.2) is 135 Å². The van der Waals surface area contributed by atoms with Gasteiger partial charge in [0.25, 0.3) is 0 Å². The number of hydrogen-bond donors (Lipinski definition) is 9. The van der Waals surface area contributed by atoms with Gasteiger partial charge in [-0.25, -0.2) is 0 Å². The summed E-state index contributed by atoms with van der Waals surface area (Å²) in [7, 11) is 19.5. The molecule has 61 heavy (non-hydrogen) atoms. The number of unbranched alkanes of at least 4 members (excludes halogenated alkanes) is 4. The SMILES string of the molecule is CC.[B]NC(=O)CCCC(=O)NCCCC(N)=O.[B]NC(=O)CCCC(=O)N[B].[B]NC(=O)CCCCCNC(=O)CN(CC(N)=O)CC(=O)NCCCCCC(=O)C(C)C. The Balaban J connectivity index is -0.000000461. The van der Waals surface area contributed by atoms with E-state index >= 15 is 0 Å². The standard InChI is InChI=1S/C21H38BN5O5.C9H16BN3O3.C5H8B2N2O2.C2H6/c1-16(2)17(28)9-5-3-7-11-24-20(31)14-27(13-18(23)29)15-21(32)25-12-8-4-6-10-19(30)26-22;10-13-9(16)5-1-4-8(15)12-6-2-3-7(11)14;6-8-4(10)2-1-3-5(11)9-7;1-2/h16H,3-15H2,1-2H3,(H2,23,29)(H,24,31)(H,25,32)(H,26,30);1-6H2,(H2,11,14)(H,12,15)(H,13,16);1-3H2,(H,8,10)(H,9,11);1-2H3. The molecule has 0 aliphatic rings. The van der Waals surface area contributed by atoms with Gasteiger partial charge in [0.1, 0.15) is 5.78 Å². The van der Waals surface area contributed by atoms with Gasteiger partial charge in [-0.1, -0.05) is 40.5 Å². The summed E-state index contributed by atoms with van der Waals surface area (Å²) in [5.74, 6) is -2.55. The van der Waals surface area contributed by atoms with Crippen LogP contribution >= 0.6 is 0 Å². The van der Waals surface area contributed by atoms with Crippen molar-refractivity contribution in [3.63, 3.8) is 0 Å². The molecule has 0 aliphatic heterocycles. The van der Waals surface area contributed by atoms with E-state index in [1.54, 1.807) is 0 Å². The molecule has 0 heterocycles. The molecular weight excluding hydrogens is 788 g/mol. The molecule has 20 nitrogen and oxygen atoms in total. The number of ketones is 1. The van der Waals surface area contributed by atoms with E-state index in [0.29, 0.717) is 64.6 Å². The summed E-state index contributed by atoms with van der Waals surface area (Å²) in [6.45, 7) is 8.64. The van der Waals surface area contributed by atoms with E-state index in [2.05, 4.69) is 21.2 Å². The number of carbonyl (C=O) groups excluding carboxylic acids is 10. The first kappa shape index (κ1) is 62.8. The van der Waals surface area contributed by atoms with E-state index in [9.17, 15) is 47.9 Å². The number of rotatable bonds is 31. The molecule has 24 heteroatoms. The Hall–Kier alpha value is -4.88. The van der Waals surface area contributed by atoms with Gasteiger partial charge in [0.05, 0.1) is 19.6 Å². The fourth-order valence-electron chi connectivity index (χ4n) is 4.53. The lowest BCUT2D eigenvalue weighted by Crippen LogP contribution is -2.46. The Morgan fingerprint density at radius 3 is 1.11 bits per heavy atom. The van der Waals surface area contributed by atoms with Gasteiger partial charge >= 0.3 is 0 Å². The normalized spacial score (nSPS) is 9.80. The Kier molecular flexibility index (Phi) is 46.0. The van der Waals surface area contributed by atoms with Gasteiger partial charge in [-0.3, -0.25) is 52.8 Å². The lowest BCUT2D eigenvalue weighted by molar-refractivity contribution is -0.128. The molecule has 0 rings (SSSR count). The van der Waals surface area contributed by atoms with E-state index in [1.165, 1.54) is 4.90 Å². The Labute approximate surface area is 366 Å². The van der Waals surface area contributed by atoms with Gasteiger partial charge in [-0.05, 0) is 44.9 Å². The molecule has 9 amide bonds. The van der Waals surface area contributed by atoms with Crippen LogP contribution in [0, 0.1) is 5.92 Å². The van der Waals surface area contributed by atoms with Crippen molar-refractivity contribution in [2.24, 2.45) is 17.4 Å². The van der Waals surface area contributed by atoms with Crippen LogP contribution in [0.2, 0.25) is 0 Å². The first-order valence-corrected chi connectivity index (χ1v) is 20.5. The summed E-state index contributed by atoms with van der Waals surface area (Å²) in [5, 5.41) is 16.1. The maximum atomic E-state index is 12.1. The maximum absolute atomic E-state index is 12.1. The van der Waals surface area contributed by atoms with Gasteiger partial charge in [-0.2, -0.15) is 0 Å². The number of Topliss-reactive ketones (excluding diaryl/α,β-unsaturated/α-hetero) is 1. The zero-order valence-corrected chi connectivity index (χ0v) is 36.6. The van der Waals surface area contributed by atoms with E-state index in [4.69, 9.17) is 43.4 Å². The average Bonchev–Trinajstić information content (AvgIpc) is 3.22. The largest absolute Gasteiger partial charge is 0.409 e. The number of nitrogens with two attached hydrogens (primary N) is 2. The highest BCUT2D eigenvalue weighted by Gasteiger charge is 2.16. The number of carbonyl (C=O) groups is 10. The van der Waals surface area contributed by atoms with E-state index < -0.39 is 5.91 Å². The van der Waals surface area contributed by atoms with Gasteiger partial charge in [0.2, 0.25) is 85.1 Å². The van der Waals surface area contributed by atoms with Crippen molar-refractivity contribution in [2.75, 3.05) is 39.3 Å². The summed E-state index contributed by atoms with van der Waals surface area (Å²) < 4.78 is 0. The molecule has 0 saturated heterocycles. The number of nitrogens with zero attached hydrogens (tertiary/aromatic N) is 1. The van der Waals surface area contributed by atoms with E-state index in [1.807, 2.05) is 43.4 Å². The highest BCUT2D eigenvalue weighted by molar-refractivity contribution is 6.15. The second-order valence-corrected chi connectivity index (χ2v) is 13.5. The van der Waals surface area contributed by atoms with Crippen LogP contribution in [0.15, 0.2) is 0 Å². The molecule has 338 valence electrons. The predicted molar refractivity (Wildman–Crippen MR) is 235 cm³/mol. The molecule has 0 bridgehead atoms. The third-order valence-corrected chi connectivity index (χ3v) is 7.76. The molecule has 11 N–H and O–H groups in total.